The van der Waals surface area contributed by atoms with Crippen LogP contribution in [0, 0.1) is 0 Å². The molecule has 3 aromatic carbocycles. The second-order valence-electron chi connectivity index (χ2n) is 8.94. The third-order valence-corrected chi connectivity index (χ3v) is 8.25. The number of sulfonamides is 1. The lowest BCUT2D eigenvalue weighted by molar-refractivity contribution is -0.138. The predicted octanol–water partition coefficient (Wildman–Crippen LogP) is 4.91. The average molecular weight is 556 g/mol. The van der Waals surface area contributed by atoms with Crippen LogP contribution in [-0.4, -0.2) is 50.8 Å². The largest absolute Gasteiger partial charge is 0.354 e. The second-order valence-corrected chi connectivity index (χ2v) is 11.2. The number of nitrogens with one attached hydrogen (secondary N) is 1. The van der Waals surface area contributed by atoms with Crippen molar-refractivity contribution < 1.29 is 18.0 Å². The number of para-hydroxylation sites is 1. The summed E-state index contributed by atoms with van der Waals surface area (Å²) in [6.45, 7) is 4.02. The Morgan fingerprint density at radius 2 is 1.53 bits per heavy atom. The van der Waals surface area contributed by atoms with E-state index < -0.39 is 28.5 Å². The molecule has 0 saturated carbocycles. The van der Waals surface area contributed by atoms with Gasteiger partial charge in [0.25, 0.3) is 10.0 Å². The highest BCUT2D eigenvalue weighted by Crippen LogP contribution is 2.25. The van der Waals surface area contributed by atoms with Crippen molar-refractivity contribution in [2.75, 3.05) is 23.9 Å². The maximum atomic E-state index is 13.8. The third-order valence-electron chi connectivity index (χ3n) is 6.21. The van der Waals surface area contributed by atoms with Crippen LogP contribution in [0.1, 0.15) is 32.3 Å². The van der Waals surface area contributed by atoms with Crippen LogP contribution in [0.25, 0.3) is 0 Å². The summed E-state index contributed by atoms with van der Waals surface area (Å²) in [5, 5.41) is 3.29. The quantitative estimate of drug-likeness (QED) is 0.304. The van der Waals surface area contributed by atoms with E-state index in [0.717, 1.165) is 22.7 Å². The van der Waals surface area contributed by atoms with Gasteiger partial charge in [-0.15, -0.1) is 0 Å². The van der Waals surface area contributed by atoms with E-state index in [9.17, 15) is 18.0 Å². The fraction of sp³-hybridized carbons (Fsp3) is 0.310. The normalized spacial score (nSPS) is 12.0. The minimum atomic E-state index is -4.10. The van der Waals surface area contributed by atoms with Crippen LogP contribution >= 0.6 is 11.6 Å². The Kier molecular flexibility index (Phi) is 10.7. The van der Waals surface area contributed by atoms with E-state index in [4.69, 9.17) is 11.6 Å². The van der Waals surface area contributed by atoms with Gasteiger partial charge in [-0.25, -0.2) is 8.42 Å². The van der Waals surface area contributed by atoms with Crippen molar-refractivity contribution in [1.82, 2.24) is 10.2 Å². The Morgan fingerprint density at radius 1 is 0.921 bits per heavy atom. The van der Waals surface area contributed by atoms with Crippen molar-refractivity contribution in [1.29, 1.82) is 0 Å². The molecule has 1 unspecified atom stereocenters. The summed E-state index contributed by atoms with van der Waals surface area (Å²) >= 11 is 5.97. The fourth-order valence-electron chi connectivity index (χ4n) is 3.96. The zero-order chi connectivity index (χ0) is 27.5. The van der Waals surface area contributed by atoms with Gasteiger partial charge in [-0.05, 0) is 61.7 Å². The van der Waals surface area contributed by atoms with Crippen LogP contribution < -0.4 is 9.62 Å². The number of amides is 2. The van der Waals surface area contributed by atoms with E-state index in [-0.39, 0.29) is 17.3 Å². The molecule has 0 bridgehead atoms. The Bertz CT molecular complexity index is 1290. The third kappa shape index (κ3) is 7.82. The Hall–Kier alpha value is -3.36. The molecule has 1 N–H and O–H groups in total. The molecule has 38 heavy (non-hydrogen) atoms. The predicted molar refractivity (Wildman–Crippen MR) is 152 cm³/mol. The Morgan fingerprint density at radius 3 is 2.13 bits per heavy atom. The van der Waals surface area contributed by atoms with Crippen LogP contribution in [0.5, 0.6) is 0 Å². The van der Waals surface area contributed by atoms with Crippen molar-refractivity contribution in [3.8, 4) is 0 Å². The number of benzene rings is 3. The summed E-state index contributed by atoms with van der Waals surface area (Å²) in [5.41, 5.74) is 1.36. The van der Waals surface area contributed by atoms with Gasteiger partial charge in [-0.1, -0.05) is 73.5 Å². The Labute approximate surface area is 230 Å². The first-order valence-electron chi connectivity index (χ1n) is 12.7. The number of hydrogen-bond donors (Lipinski definition) is 1. The smallest absolute Gasteiger partial charge is 0.264 e. The van der Waals surface area contributed by atoms with E-state index in [2.05, 4.69) is 5.32 Å². The molecule has 0 saturated heterocycles. The van der Waals surface area contributed by atoms with Crippen molar-refractivity contribution >= 4 is 39.1 Å². The molecule has 202 valence electrons. The van der Waals surface area contributed by atoms with Crippen molar-refractivity contribution in [2.45, 2.75) is 44.0 Å². The van der Waals surface area contributed by atoms with Gasteiger partial charge in [0.15, 0.2) is 0 Å². The lowest BCUT2D eigenvalue weighted by Gasteiger charge is -2.32. The number of anilines is 1. The average Bonchev–Trinajstić information content (AvgIpc) is 2.93. The number of halogens is 1. The van der Waals surface area contributed by atoms with Crippen LogP contribution in [-0.2, 0) is 26.0 Å². The highest BCUT2D eigenvalue weighted by Gasteiger charge is 2.32. The molecule has 0 fully saturated rings. The molecule has 0 aliphatic carbocycles. The second kappa shape index (κ2) is 14.0. The highest BCUT2D eigenvalue weighted by atomic mass is 35.5. The molecule has 0 aromatic heterocycles. The minimum absolute atomic E-state index is 0.0137. The monoisotopic (exact) mass is 555 g/mol. The van der Waals surface area contributed by atoms with E-state index in [1.54, 1.807) is 37.3 Å². The SMILES string of the molecule is CCCCNC(=O)C(C)N(CCc1ccccc1)C(=O)CN(c1ccccc1)S(=O)(=O)c1ccc(Cl)cc1. The van der Waals surface area contributed by atoms with E-state index >= 15 is 0 Å². The number of hydrogen-bond acceptors (Lipinski definition) is 4. The molecular weight excluding hydrogens is 522 g/mol. The number of unbranched alkanes of at least 4 members (excludes halogenated alkanes) is 1. The van der Waals surface area contributed by atoms with Gasteiger partial charge < -0.3 is 10.2 Å². The van der Waals surface area contributed by atoms with Gasteiger partial charge in [0, 0.05) is 18.1 Å². The van der Waals surface area contributed by atoms with Gasteiger partial charge in [0.2, 0.25) is 11.8 Å². The molecule has 3 aromatic rings. The maximum Gasteiger partial charge on any atom is 0.264 e. The number of nitrogens with zero attached hydrogens (tertiary/aromatic N) is 2. The van der Waals surface area contributed by atoms with Gasteiger partial charge in [0.05, 0.1) is 10.6 Å². The van der Waals surface area contributed by atoms with Gasteiger partial charge in [0.1, 0.15) is 12.6 Å². The van der Waals surface area contributed by atoms with Gasteiger partial charge >= 0.3 is 0 Å². The first-order valence-corrected chi connectivity index (χ1v) is 14.5. The summed E-state index contributed by atoms with van der Waals surface area (Å²) in [6, 6.07) is 23.1. The Balaban J connectivity index is 1.91. The van der Waals surface area contributed by atoms with Crippen molar-refractivity contribution in [2.24, 2.45) is 0 Å². The zero-order valence-electron chi connectivity index (χ0n) is 21.7. The molecule has 7 nitrogen and oxygen atoms in total. The molecule has 2 amide bonds. The highest BCUT2D eigenvalue weighted by molar-refractivity contribution is 7.92. The molecule has 0 aliphatic heterocycles. The molecule has 3 rings (SSSR count). The lowest BCUT2D eigenvalue weighted by Crippen LogP contribution is -2.52. The molecule has 0 spiro atoms. The van der Waals surface area contributed by atoms with E-state index in [1.165, 1.54) is 29.2 Å². The van der Waals surface area contributed by atoms with Crippen molar-refractivity contribution in [3.63, 3.8) is 0 Å². The molecular formula is C29H34ClN3O4S. The van der Waals surface area contributed by atoms with Crippen molar-refractivity contribution in [3.05, 3.63) is 95.5 Å². The standard InChI is InChI=1S/C29H34ClN3O4S/c1-3-4-20-31-29(35)23(2)32(21-19-24-11-7-5-8-12-24)28(34)22-33(26-13-9-6-10-14-26)38(36,37)27-17-15-25(30)16-18-27/h5-18,23H,3-4,19-22H2,1-2H3,(H,31,35). The van der Waals surface area contributed by atoms with Gasteiger partial charge in [-0.2, -0.15) is 0 Å². The maximum absolute atomic E-state index is 13.8. The number of carbonyl (C=O) groups is 2. The molecule has 0 aliphatic rings. The molecule has 0 radical (unpaired) electrons. The summed E-state index contributed by atoms with van der Waals surface area (Å²) in [4.78, 5) is 28.2. The first-order chi connectivity index (χ1) is 18.2. The van der Waals surface area contributed by atoms with Crippen LogP contribution in [0.2, 0.25) is 5.02 Å². The summed E-state index contributed by atoms with van der Waals surface area (Å²) in [5.74, 6) is -0.743. The summed E-state index contributed by atoms with van der Waals surface area (Å²) in [6.07, 6.45) is 2.28. The zero-order valence-corrected chi connectivity index (χ0v) is 23.3. The lowest BCUT2D eigenvalue weighted by atomic mass is 10.1. The van der Waals surface area contributed by atoms with Crippen LogP contribution in [0.3, 0.4) is 0 Å². The van der Waals surface area contributed by atoms with Crippen LogP contribution in [0.15, 0.2) is 89.8 Å². The summed E-state index contributed by atoms with van der Waals surface area (Å²) in [7, 11) is -4.10. The minimum Gasteiger partial charge on any atom is -0.354 e. The fourth-order valence-corrected chi connectivity index (χ4v) is 5.50. The topological polar surface area (TPSA) is 86.8 Å². The molecule has 1 atom stereocenters. The van der Waals surface area contributed by atoms with Gasteiger partial charge in [-0.3, -0.25) is 13.9 Å². The van der Waals surface area contributed by atoms with Crippen LogP contribution in [0.4, 0.5) is 5.69 Å². The molecule has 9 heteroatoms. The number of carbonyl (C=O) groups excluding carboxylic acids is 2. The van der Waals surface area contributed by atoms with E-state index in [0.29, 0.717) is 23.7 Å². The molecule has 0 heterocycles. The first kappa shape index (κ1) is 29.2. The summed E-state index contributed by atoms with van der Waals surface area (Å²) < 4.78 is 28.5. The van der Waals surface area contributed by atoms with E-state index in [1.807, 2.05) is 37.3 Å². The number of rotatable bonds is 13.